The third-order valence-corrected chi connectivity index (χ3v) is 7.27. The fourth-order valence-corrected chi connectivity index (χ4v) is 5.63. The van der Waals surface area contributed by atoms with Gasteiger partial charge in [0, 0.05) is 62.4 Å². The molecule has 1 aromatic carbocycles. The summed E-state index contributed by atoms with van der Waals surface area (Å²) >= 11 is 1.78. The molecule has 1 fully saturated rings. The number of thiazole rings is 1. The lowest BCUT2D eigenvalue weighted by molar-refractivity contribution is -0.136. The van der Waals surface area contributed by atoms with Crippen molar-refractivity contribution in [2.24, 2.45) is 0 Å². The summed E-state index contributed by atoms with van der Waals surface area (Å²) in [5, 5.41) is 10.3. The predicted molar refractivity (Wildman–Crippen MR) is 115 cm³/mol. The highest BCUT2D eigenvalue weighted by molar-refractivity contribution is 7.11. The molecule has 0 spiro atoms. The van der Waals surface area contributed by atoms with E-state index in [0.29, 0.717) is 25.1 Å². The Bertz CT molecular complexity index is 1030. The summed E-state index contributed by atoms with van der Waals surface area (Å²) in [6.07, 6.45) is 2.51. The molecule has 0 bridgehead atoms. The Morgan fingerprint density at radius 2 is 2.13 bits per heavy atom. The number of carbonyl (C=O) groups excluding carboxylic acids is 3. The van der Waals surface area contributed by atoms with Crippen molar-refractivity contribution in [3.05, 3.63) is 50.5 Å². The molecular formula is C22H25N5O3S. The summed E-state index contributed by atoms with van der Waals surface area (Å²) in [5.41, 5.74) is 3.81. The lowest BCUT2D eigenvalue weighted by atomic mass is 10.0. The van der Waals surface area contributed by atoms with E-state index < -0.39 is 6.04 Å². The van der Waals surface area contributed by atoms with Gasteiger partial charge in [-0.05, 0) is 17.5 Å². The predicted octanol–water partition coefficient (Wildman–Crippen LogP) is 0.882. The van der Waals surface area contributed by atoms with E-state index in [4.69, 9.17) is 4.98 Å². The quantitative estimate of drug-likeness (QED) is 0.456. The first-order valence-corrected chi connectivity index (χ1v) is 11.6. The smallest absolute Gasteiger partial charge is 0.255 e. The number of nitrogens with zero attached hydrogens (tertiary/aromatic N) is 2. The van der Waals surface area contributed by atoms with Gasteiger partial charge in [-0.15, -0.1) is 11.3 Å². The number of aromatic nitrogens is 1. The van der Waals surface area contributed by atoms with Gasteiger partial charge < -0.3 is 15.5 Å². The SMILES string of the molecule is O=C1CCC(N2Cc3cccc(CNCCc4nc5c(s4)CNCC5)c3C2=O)C(=O)N1. The van der Waals surface area contributed by atoms with Gasteiger partial charge in [0.1, 0.15) is 6.04 Å². The maximum Gasteiger partial charge on any atom is 0.255 e. The molecule has 3 aliphatic heterocycles. The monoisotopic (exact) mass is 439 g/mol. The summed E-state index contributed by atoms with van der Waals surface area (Å²) in [6, 6.07) is 5.28. The van der Waals surface area contributed by atoms with Gasteiger partial charge in [0.05, 0.1) is 10.7 Å². The maximum absolute atomic E-state index is 13.1. The number of hydrogen-bond donors (Lipinski definition) is 3. The fraction of sp³-hybridized carbons (Fsp3) is 0.455. The molecule has 0 aliphatic carbocycles. The highest BCUT2D eigenvalue weighted by atomic mass is 32.1. The minimum absolute atomic E-state index is 0.123. The third-order valence-electron chi connectivity index (χ3n) is 6.12. The van der Waals surface area contributed by atoms with Crippen LogP contribution in [-0.4, -0.2) is 46.7 Å². The van der Waals surface area contributed by atoms with E-state index in [1.165, 1.54) is 10.6 Å². The standard InChI is InChI=1S/C22H25N5O3S/c28-18-5-4-16(21(29)26-18)27-12-14-3-1-2-13(20(14)22(27)30)10-23-9-7-19-25-15-6-8-24-11-17(15)31-19/h1-3,16,23-24H,4-12H2,(H,26,28,29). The van der Waals surface area contributed by atoms with Crippen LogP contribution in [0.2, 0.25) is 0 Å². The van der Waals surface area contributed by atoms with Crippen molar-refractivity contribution in [2.75, 3.05) is 13.1 Å². The topological polar surface area (TPSA) is 103 Å². The maximum atomic E-state index is 13.1. The van der Waals surface area contributed by atoms with Crippen LogP contribution in [0.25, 0.3) is 0 Å². The van der Waals surface area contributed by atoms with Gasteiger partial charge in [0.25, 0.3) is 5.91 Å². The Labute approximate surface area is 184 Å². The van der Waals surface area contributed by atoms with E-state index >= 15 is 0 Å². The zero-order valence-electron chi connectivity index (χ0n) is 17.2. The number of carbonyl (C=O) groups is 3. The summed E-state index contributed by atoms with van der Waals surface area (Å²) in [7, 11) is 0. The Morgan fingerprint density at radius 1 is 1.23 bits per heavy atom. The minimum atomic E-state index is -0.580. The highest BCUT2D eigenvalue weighted by Crippen LogP contribution is 2.30. The van der Waals surface area contributed by atoms with Crippen molar-refractivity contribution in [2.45, 2.75) is 51.4 Å². The molecule has 4 heterocycles. The first-order valence-electron chi connectivity index (χ1n) is 10.7. The Balaban J connectivity index is 1.21. The van der Waals surface area contributed by atoms with Crippen LogP contribution in [-0.2, 0) is 42.1 Å². The molecule has 31 heavy (non-hydrogen) atoms. The molecule has 3 amide bonds. The van der Waals surface area contributed by atoms with Crippen LogP contribution in [0, 0.1) is 0 Å². The van der Waals surface area contributed by atoms with Crippen molar-refractivity contribution in [1.29, 1.82) is 0 Å². The van der Waals surface area contributed by atoms with Gasteiger partial charge in [-0.3, -0.25) is 19.7 Å². The zero-order valence-corrected chi connectivity index (χ0v) is 18.0. The minimum Gasteiger partial charge on any atom is -0.322 e. The molecule has 162 valence electrons. The Hall–Kier alpha value is -2.62. The van der Waals surface area contributed by atoms with Gasteiger partial charge in [0.15, 0.2) is 0 Å². The second kappa shape index (κ2) is 8.49. The van der Waals surface area contributed by atoms with Crippen LogP contribution in [0.5, 0.6) is 0 Å². The number of rotatable bonds is 6. The molecule has 1 aromatic heterocycles. The van der Waals surface area contributed by atoms with Crippen molar-refractivity contribution in [3.8, 4) is 0 Å². The Kier molecular flexibility index (Phi) is 5.56. The fourth-order valence-electron chi connectivity index (χ4n) is 4.54. The second-order valence-electron chi connectivity index (χ2n) is 8.18. The molecule has 3 aliphatic rings. The molecule has 0 saturated carbocycles. The molecule has 5 rings (SSSR count). The van der Waals surface area contributed by atoms with Crippen molar-refractivity contribution in [3.63, 3.8) is 0 Å². The van der Waals surface area contributed by atoms with E-state index in [2.05, 4.69) is 16.0 Å². The summed E-state index contributed by atoms with van der Waals surface area (Å²) in [6.45, 7) is 3.70. The van der Waals surface area contributed by atoms with Crippen LogP contribution in [0.15, 0.2) is 18.2 Å². The summed E-state index contributed by atoms with van der Waals surface area (Å²) in [5.74, 6) is -0.770. The van der Waals surface area contributed by atoms with Gasteiger partial charge in [-0.1, -0.05) is 18.2 Å². The number of fused-ring (bicyclic) bond motifs is 2. The van der Waals surface area contributed by atoms with Gasteiger partial charge in [-0.25, -0.2) is 4.98 Å². The number of amides is 3. The molecule has 1 atom stereocenters. The number of nitrogens with one attached hydrogen (secondary N) is 3. The second-order valence-corrected chi connectivity index (χ2v) is 9.35. The number of piperidine rings is 1. The van der Waals surface area contributed by atoms with Crippen LogP contribution >= 0.6 is 11.3 Å². The molecule has 3 N–H and O–H groups in total. The van der Waals surface area contributed by atoms with Crippen LogP contribution in [0.3, 0.4) is 0 Å². The third kappa shape index (κ3) is 4.00. The first-order chi connectivity index (χ1) is 15.1. The molecule has 0 radical (unpaired) electrons. The summed E-state index contributed by atoms with van der Waals surface area (Å²) in [4.78, 5) is 44.5. The Morgan fingerprint density at radius 3 is 2.97 bits per heavy atom. The van der Waals surface area contributed by atoms with Gasteiger partial charge in [-0.2, -0.15) is 0 Å². The van der Waals surface area contributed by atoms with Crippen LogP contribution < -0.4 is 16.0 Å². The number of imide groups is 1. The number of benzene rings is 1. The van der Waals surface area contributed by atoms with E-state index in [-0.39, 0.29) is 24.1 Å². The first kappa shape index (κ1) is 20.3. The molecular weight excluding hydrogens is 414 g/mol. The molecule has 2 aromatic rings. The van der Waals surface area contributed by atoms with Crippen molar-refractivity contribution in [1.82, 2.24) is 25.8 Å². The highest BCUT2D eigenvalue weighted by Gasteiger charge is 2.39. The molecule has 1 saturated heterocycles. The summed E-state index contributed by atoms with van der Waals surface area (Å²) < 4.78 is 0. The van der Waals surface area contributed by atoms with E-state index in [0.717, 1.165) is 48.6 Å². The van der Waals surface area contributed by atoms with Crippen molar-refractivity contribution < 1.29 is 14.4 Å². The molecule has 9 heteroatoms. The van der Waals surface area contributed by atoms with Gasteiger partial charge >= 0.3 is 0 Å². The average Bonchev–Trinajstić information content (AvgIpc) is 3.32. The normalized spacial score (nSPS) is 20.6. The van der Waals surface area contributed by atoms with E-state index in [1.54, 1.807) is 16.2 Å². The lowest BCUT2D eigenvalue weighted by Gasteiger charge is -2.29. The van der Waals surface area contributed by atoms with Crippen LogP contribution in [0.4, 0.5) is 0 Å². The van der Waals surface area contributed by atoms with E-state index in [1.807, 2.05) is 18.2 Å². The van der Waals surface area contributed by atoms with E-state index in [9.17, 15) is 14.4 Å². The van der Waals surface area contributed by atoms with Gasteiger partial charge in [0.2, 0.25) is 11.8 Å². The lowest BCUT2D eigenvalue weighted by Crippen LogP contribution is -2.52. The molecule has 1 unspecified atom stereocenters. The van der Waals surface area contributed by atoms with Crippen LogP contribution in [0.1, 0.15) is 49.9 Å². The number of hydrogen-bond acceptors (Lipinski definition) is 7. The average molecular weight is 440 g/mol. The largest absolute Gasteiger partial charge is 0.322 e. The van der Waals surface area contributed by atoms with Crippen molar-refractivity contribution >= 4 is 29.1 Å². The molecule has 8 nitrogen and oxygen atoms in total. The zero-order chi connectivity index (χ0) is 21.4.